The molecule has 0 radical (unpaired) electrons. The number of para-hydroxylation sites is 1. The van der Waals surface area contributed by atoms with Crippen molar-refractivity contribution in [3.05, 3.63) is 94.5 Å². The zero-order valence-corrected chi connectivity index (χ0v) is 17.8. The molecular formula is C24H19BrN2O3. The zero-order chi connectivity index (χ0) is 20.8. The number of carbonyl (C=O) groups is 2. The van der Waals surface area contributed by atoms with Crippen molar-refractivity contribution in [3.8, 4) is 0 Å². The summed E-state index contributed by atoms with van der Waals surface area (Å²) in [5.41, 5.74) is 3.43. The molecular weight excluding hydrogens is 444 g/mol. The molecule has 5 rings (SSSR count). The normalized spacial score (nSPS) is 23.2. The average molecular weight is 463 g/mol. The second-order valence-corrected chi connectivity index (χ2v) is 8.48. The Hall–Kier alpha value is -2.96. The molecule has 0 aromatic heterocycles. The first-order chi connectivity index (χ1) is 14.5. The van der Waals surface area contributed by atoms with Crippen LogP contribution in [0, 0.1) is 12.8 Å². The Morgan fingerprint density at radius 1 is 0.833 bits per heavy atom. The van der Waals surface area contributed by atoms with E-state index < -0.39 is 18.1 Å². The summed E-state index contributed by atoms with van der Waals surface area (Å²) >= 11 is 3.42. The highest BCUT2D eigenvalue weighted by molar-refractivity contribution is 9.10. The van der Waals surface area contributed by atoms with Crippen molar-refractivity contribution >= 4 is 39.1 Å². The summed E-state index contributed by atoms with van der Waals surface area (Å²) < 4.78 is 0.805. The van der Waals surface area contributed by atoms with Gasteiger partial charge in [-0.25, -0.2) is 9.96 Å². The van der Waals surface area contributed by atoms with Gasteiger partial charge < -0.3 is 0 Å². The van der Waals surface area contributed by atoms with E-state index >= 15 is 0 Å². The van der Waals surface area contributed by atoms with Crippen LogP contribution in [-0.4, -0.2) is 17.9 Å². The quantitative estimate of drug-likeness (QED) is 0.524. The molecule has 3 aromatic rings. The van der Waals surface area contributed by atoms with Gasteiger partial charge in [-0.05, 0) is 42.8 Å². The Kier molecular flexibility index (Phi) is 4.68. The van der Waals surface area contributed by atoms with Crippen molar-refractivity contribution in [2.24, 2.45) is 5.92 Å². The Morgan fingerprint density at radius 2 is 1.53 bits per heavy atom. The van der Waals surface area contributed by atoms with Crippen molar-refractivity contribution in [2.45, 2.75) is 19.1 Å². The fourth-order valence-corrected chi connectivity index (χ4v) is 4.57. The highest BCUT2D eigenvalue weighted by atomic mass is 79.9. The Labute approximate surface area is 183 Å². The first kappa shape index (κ1) is 19.0. The summed E-state index contributed by atoms with van der Waals surface area (Å²) in [7, 11) is 0. The van der Waals surface area contributed by atoms with Crippen LogP contribution >= 0.6 is 15.9 Å². The predicted molar refractivity (Wildman–Crippen MR) is 118 cm³/mol. The monoisotopic (exact) mass is 462 g/mol. The minimum absolute atomic E-state index is 0.243. The third-order valence-electron chi connectivity index (χ3n) is 5.61. The lowest BCUT2D eigenvalue weighted by atomic mass is 9.90. The smallest absolute Gasteiger partial charge is 0.266 e. The lowest BCUT2D eigenvalue weighted by Crippen LogP contribution is -2.37. The van der Waals surface area contributed by atoms with E-state index in [2.05, 4.69) is 15.9 Å². The fourth-order valence-electron chi connectivity index (χ4n) is 4.19. The molecule has 0 unspecified atom stereocenters. The summed E-state index contributed by atoms with van der Waals surface area (Å²) in [6.07, 6.45) is -0.858. The Balaban J connectivity index is 1.59. The van der Waals surface area contributed by atoms with E-state index in [0.29, 0.717) is 5.69 Å². The molecule has 2 fully saturated rings. The highest BCUT2D eigenvalue weighted by Crippen LogP contribution is 2.47. The molecule has 2 saturated heterocycles. The number of halogens is 1. The zero-order valence-electron chi connectivity index (χ0n) is 16.2. The van der Waals surface area contributed by atoms with Crippen LogP contribution in [0.4, 0.5) is 11.4 Å². The van der Waals surface area contributed by atoms with Crippen LogP contribution in [0.15, 0.2) is 83.3 Å². The van der Waals surface area contributed by atoms with Crippen LogP contribution < -0.4 is 9.96 Å². The first-order valence-electron chi connectivity index (χ1n) is 9.75. The number of hydroxylamine groups is 1. The van der Waals surface area contributed by atoms with Crippen LogP contribution in [0.1, 0.15) is 17.2 Å². The van der Waals surface area contributed by atoms with E-state index in [1.54, 1.807) is 17.2 Å². The second-order valence-electron chi connectivity index (χ2n) is 7.56. The molecule has 30 heavy (non-hydrogen) atoms. The molecule has 3 atom stereocenters. The van der Waals surface area contributed by atoms with Crippen LogP contribution in [0.25, 0.3) is 0 Å². The number of carbonyl (C=O) groups excluding carboxylic acids is 2. The largest absolute Gasteiger partial charge is 0.273 e. The molecule has 2 aliphatic rings. The van der Waals surface area contributed by atoms with Gasteiger partial charge in [0.25, 0.3) is 5.91 Å². The molecule has 0 bridgehead atoms. The predicted octanol–water partition coefficient (Wildman–Crippen LogP) is 4.81. The van der Waals surface area contributed by atoms with Gasteiger partial charge in [0.15, 0.2) is 6.10 Å². The molecule has 5 nitrogen and oxygen atoms in total. The molecule has 2 aliphatic heterocycles. The van der Waals surface area contributed by atoms with Gasteiger partial charge >= 0.3 is 0 Å². The number of fused-ring (bicyclic) bond motifs is 1. The van der Waals surface area contributed by atoms with E-state index in [0.717, 1.165) is 21.3 Å². The standard InChI is InChI=1S/C24H19BrN2O3/c1-15-10-12-16(13-11-15)21-20-22(30-27(21)18-7-3-2-4-8-18)24(29)26(23(20)28)19-9-5-6-17(25)14-19/h2-14,20-22H,1H3/t20-,21-,22-/m0/s1. The van der Waals surface area contributed by atoms with E-state index in [9.17, 15) is 9.59 Å². The highest BCUT2D eigenvalue weighted by Gasteiger charge is 2.60. The number of aryl methyl sites for hydroxylation is 1. The van der Waals surface area contributed by atoms with Crippen molar-refractivity contribution in [1.82, 2.24) is 0 Å². The van der Waals surface area contributed by atoms with Crippen molar-refractivity contribution in [2.75, 3.05) is 9.96 Å². The fraction of sp³-hybridized carbons (Fsp3) is 0.167. The minimum Gasteiger partial charge on any atom is -0.273 e. The van der Waals surface area contributed by atoms with E-state index in [1.165, 1.54) is 4.90 Å². The third-order valence-corrected chi connectivity index (χ3v) is 6.10. The van der Waals surface area contributed by atoms with Crippen LogP contribution in [-0.2, 0) is 14.4 Å². The molecule has 6 heteroatoms. The maximum atomic E-state index is 13.5. The number of rotatable bonds is 3. The number of amides is 2. The third kappa shape index (κ3) is 3.04. The van der Waals surface area contributed by atoms with Gasteiger partial charge in [-0.15, -0.1) is 0 Å². The van der Waals surface area contributed by atoms with Gasteiger partial charge in [-0.3, -0.25) is 14.4 Å². The van der Waals surface area contributed by atoms with Gasteiger partial charge in [0.2, 0.25) is 5.91 Å². The lowest BCUT2D eigenvalue weighted by molar-refractivity contribution is -0.126. The molecule has 0 aliphatic carbocycles. The number of hydrogen-bond acceptors (Lipinski definition) is 4. The number of benzene rings is 3. The Morgan fingerprint density at radius 3 is 2.23 bits per heavy atom. The first-order valence-corrected chi connectivity index (χ1v) is 10.5. The van der Waals surface area contributed by atoms with Crippen molar-refractivity contribution in [1.29, 1.82) is 0 Å². The van der Waals surface area contributed by atoms with Gasteiger partial charge in [-0.2, -0.15) is 0 Å². The Bertz CT molecular complexity index is 1120. The van der Waals surface area contributed by atoms with Crippen molar-refractivity contribution in [3.63, 3.8) is 0 Å². The maximum Gasteiger partial charge on any atom is 0.266 e. The molecule has 2 heterocycles. The molecule has 150 valence electrons. The van der Waals surface area contributed by atoms with Gasteiger partial charge in [0.05, 0.1) is 17.4 Å². The number of imide groups is 1. The second kappa shape index (κ2) is 7.38. The summed E-state index contributed by atoms with van der Waals surface area (Å²) in [6, 6.07) is 24.4. The van der Waals surface area contributed by atoms with Gasteiger partial charge in [-0.1, -0.05) is 70.0 Å². The van der Waals surface area contributed by atoms with Crippen LogP contribution in [0.5, 0.6) is 0 Å². The summed E-state index contributed by atoms with van der Waals surface area (Å²) in [4.78, 5) is 34.2. The maximum absolute atomic E-state index is 13.5. The van der Waals surface area contributed by atoms with E-state index in [4.69, 9.17) is 4.84 Å². The number of hydrogen-bond donors (Lipinski definition) is 0. The number of nitrogens with zero attached hydrogens (tertiary/aromatic N) is 2. The van der Waals surface area contributed by atoms with Crippen molar-refractivity contribution < 1.29 is 14.4 Å². The van der Waals surface area contributed by atoms with Gasteiger partial charge in [0.1, 0.15) is 5.92 Å². The molecule has 0 spiro atoms. The molecule has 3 aromatic carbocycles. The average Bonchev–Trinajstić information content (AvgIpc) is 3.26. The van der Waals surface area contributed by atoms with Crippen LogP contribution in [0.2, 0.25) is 0 Å². The minimum atomic E-state index is -0.858. The SMILES string of the molecule is Cc1ccc([C@H]2[C@@H]3C(=O)N(c4cccc(Br)c4)C(=O)[C@H]3ON2c2ccccc2)cc1. The topological polar surface area (TPSA) is 49.9 Å². The summed E-state index contributed by atoms with van der Waals surface area (Å²) in [6.45, 7) is 2.02. The van der Waals surface area contributed by atoms with Crippen LogP contribution in [0.3, 0.4) is 0 Å². The summed E-state index contributed by atoms with van der Waals surface area (Å²) in [5.74, 6) is -1.20. The molecule has 0 saturated carbocycles. The van der Waals surface area contributed by atoms with Gasteiger partial charge in [0, 0.05) is 4.47 Å². The van der Waals surface area contributed by atoms with E-state index in [1.807, 2.05) is 73.7 Å². The summed E-state index contributed by atoms with van der Waals surface area (Å²) in [5, 5.41) is 1.72. The number of anilines is 2. The molecule has 0 N–H and O–H groups in total. The van der Waals surface area contributed by atoms with E-state index in [-0.39, 0.29) is 11.8 Å². The molecule has 2 amide bonds. The lowest BCUT2D eigenvalue weighted by Gasteiger charge is -2.28.